The van der Waals surface area contributed by atoms with Crippen molar-refractivity contribution in [2.24, 2.45) is 0 Å². The van der Waals surface area contributed by atoms with Crippen molar-refractivity contribution < 1.29 is 44.7 Å². The van der Waals surface area contributed by atoms with Gasteiger partial charge in [0.25, 0.3) is 0 Å². The van der Waals surface area contributed by atoms with Crippen molar-refractivity contribution in [3.63, 3.8) is 0 Å². The van der Waals surface area contributed by atoms with Gasteiger partial charge in [0, 0.05) is 19.6 Å². The van der Waals surface area contributed by atoms with Gasteiger partial charge < -0.3 is 30.8 Å². The number of nitrogens with zero attached hydrogens (tertiary/aromatic N) is 1. The van der Waals surface area contributed by atoms with Gasteiger partial charge in [-0.3, -0.25) is 24.1 Å². The van der Waals surface area contributed by atoms with Crippen molar-refractivity contribution >= 4 is 30.0 Å². The smallest absolute Gasteiger partial charge is 0.321 e. The third-order valence-corrected chi connectivity index (χ3v) is 4.50. The molecule has 0 radical (unpaired) electrons. The molecular formula is C20H26N2O9. The fourth-order valence-electron chi connectivity index (χ4n) is 2.94. The summed E-state index contributed by atoms with van der Waals surface area (Å²) in [4.78, 5) is 45.9. The van der Waals surface area contributed by atoms with E-state index in [0.29, 0.717) is 5.56 Å². The number of benzene rings is 1. The molecule has 11 nitrogen and oxygen atoms in total. The average Bonchev–Trinajstić information content (AvgIpc) is 2.69. The highest BCUT2D eigenvalue weighted by atomic mass is 16.4. The minimum absolute atomic E-state index is 0.146. The normalized spacial score (nSPS) is 13.9. The van der Waals surface area contributed by atoms with Crippen molar-refractivity contribution in [3.8, 4) is 0 Å². The number of aliphatic hydroxyl groups excluding tert-OH is 1. The van der Waals surface area contributed by atoms with Crippen LogP contribution in [0.25, 0.3) is 6.08 Å². The third kappa shape index (κ3) is 8.95. The van der Waals surface area contributed by atoms with Gasteiger partial charge in [-0.05, 0) is 17.2 Å². The van der Waals surface area contributed by atoms with Gasteiger partial charge in [-0.25, -0.2) is 0 Å². The molecule has 1 aromatic rings. The van der Waals surface area contributed by atoms with Crippen LogP contribution in [0.2, 0.25) is 0 Å². The second-order valence-electron chi connectivity index (χ2n) is 6.78. The van der Waals surface area contributed by atoms with Crippen LogP contribution in [0, 0.1) is 0 Å². The van der Waals surface area contributed by atoms with Gasteiger partial charge in [-0.1, -0.05) is 30.9 Å². The molecule has 0 saturated heterocycles. The Morgan fingerprint density at radius 3 is 2.19 bits per heavy atom. The first-order valence-electron chi connectivity index (χ1n) is 9.32. The van der Waals surface area contributed by atoms with Crippen LogP contribution in [0.4, 0.5) is 0 Å². The van der Waals surface area contributed by atoms with Crippen LogP contribution in [0.3, 0.4) is 0 Å². The van der Waals surface area contributed by atoms with Crippen LogP contribution >= 0.6 is 0 Å². The number of hydrogen-bond donors (Lipinski definition) is 6. The topological polar surface area (TPSA) is 185 Å². The number of nitrogens with one attached hydrogen (secondary N) is 1. The lowest BCUT2D eigenvalue weighted by Crippen LogP contribution is -2.49. The first-order chi connectivity index (χ1) is 14.5. The molecule has 0 spiro atoms. The number of rotatable bonds is 15. The monoisotopic (exact) mass is 438 g/mol. The average molecular weight is 438 g/mol. The summed E-state index contributed by atoms with van der Waals surface area (Å²) in [5, 5.41) is 49.5. The summed E-state index contributed by atoms with van der Waals surface area (Å²) in [5.41, 5.74) is 1.19. The molecule has 0 aliphatic heterocycles. The molecule has 31 heavy (non-hydrogen) atoms. The molecular weight excluding hydrogens is 412 g/mol. The minimum Gasteiger partial charge on any atom is -0.481 e. The zero-order chi connectivity index (χ0) is 23.6. The lowest BCUT2D eigenvalue weighted by atomic mass is 10.0. The van der Waals surface area contributed by atoms with E-state index in [0.717, 1.165) is 5.56 Å². The number of carboxylic acid groups (broad SMARTS) is 4. The molecule has 3 unspecified atom stereocenters. The van der Waals surface area contributed by atoms with Crippen LogP contribution in [0.1, 0.15) is 30.1 Å². The van der Waals surface area contributed by atoms with Crippen LogP contribution < -0.4 is 5.32 Å². The molecule has 170 valence electrons. The van der Waals surface area contributed by atoms with E-state index in [1.54, 1.807) is 30.3 Å². The van der Waals surface area contributed by atoms with Crippen molar-refractivity contribution in [3.05, 3.63) is 42.0 Å². The van der Waals surface area contributed by atoms with E-state index in [1.807, 2.05) is 0 Å². The Balaban J connectivity index is 3.00. The summed E-state index contributed by atoms with van der Waals surface area (Å²) in [6.45, 7) is 3.10. The van der Waals surface area contributed by atoms with E-state index in [1.165, 1.54) is 4.90 Å². The second-order valence-corrected chi connectivity index (χ2v) is 6.78. The van der Waals surface area contributed by atoms with Gasteiger partial charge in [-0.2, -0.15) is 0 Å². The van der Waals surface area contributed by atoms with E-state index in [2.05, 4.69) is 11.9 Å². The Hall–Kier alpha value is -3.28. The number of aliphatic carboxylic acids is 4. The molecule has 0 amide bonds. The van der Waals surface area contributed by atoms with Gasteiger partial charge in [0.2, 0.25) is 0 Å². The Morgan fingerprint density at radius 1 is 1.03 bits per heavy atom. The Bertz CT molecular complexity index is 812. The molecule has 0 aliphatic carbocycles. The standard InChI is InChI=1S/C20H26N2O9/c1-2-12-4-3-5-13(8-12)16(23)11-22(15(20(30)31)10-18(26)27)7-6-21-14(19(28)29)9-17(24)25/h2-5,8,14-16,21,23H,1,6-7,9-11H2,(H,24,25)(H,26,27)(H,28,29)(H,30,31). The molecule has 0 aromatic heterocycles. The van der Waals surface area contributed by atoms with Crippen LogP contribution in [0.15, 0.2) is 30.8 Å². The maximum Gasteiger partial charge on any atom is 0.321 e. The Morgan fingerprint density at radius 2 is 1.68 bits per heavy atom. The lowest BCUT2D eigenvalue weighted by molar-refractivity contribution is -0.150. The molecule has 6 N–H and O–H groups in total. The maximum absolute atomic E-state index is 11.7. The second kappa shape index (κ2) is 12.4. The van der Waals surface area contributed by atoms with E-state index in [9.17, 15) is 29.4 Å². The van der Waals surface area contributed by atoms with E-state index < -0.39 is 54.9 Å². The highest BCUT2D eigenvalue weighted by molar-refractivity contribution is 5.81. The highest BCUT2D eigenvalue weighted by Gasteiger charge is 2.30. The predicted octanol–water partition coefficient (Wildman–Crippen LogP) is 0.110. The van der Waals surface area contributed by atoms with Gasteiger partial charge in [0.1, 0.15) is 12.1 Å². The molecule has 0 heterocycles. The number of aliphatic hydroxyl groups is 1. The molecule has 0 saturated carbocycles. The Kier molecular flexibility index (Phi) is 10.3. The minimum atomic E-state index is -1.49. The molecule has 0 aliphatic rings. The SMILES string of the molecule is C=Cc1cccc(C(O)CN(CCNC(CC(=O)O)C(=O)O)C(CC(=O)O)C(=O)O)c1. The van der Waals surface area contributed by atoms with E-state index in [4.69, 9.17) is 15.3 Å². The van der Waals surface area contributed by atoms with Gasteiger partial charge in [0.05, 0.1) is 18.9 Å². The van der Waals surface area contributed by atoms with Crippen molar-refractivity contribution in [2.75, 3.05) is 19.6 Å². The summed E-state index contributed by atoms with van der Waals surface area (Å²) < 4.78 is 0. The number of carboxylic acids is 4. The zero-order valence-electron chi connectivity index (χ0n) is 16.7. The first-order valence-corrected chi connectivity index (χ1v) is 9.32. The summed E-state index contributed by atoms with van der Waals surface area (Å²) >= 11 is 0. The van der Waals surface area contributed by atoms with Gasteiger partial charge in [0.15, 0.2) is 0 Å². The fourth-order valence-corrected chi connectivity index (χ4v) is 2.94. The first kappa shape index (κ1) is 25.8. The van der Waals surface area contributed by atoms with Crippen LogP contribution in [-0.4, -0.2) is 86.0 Å². The number of carbonyl (C=O) groups is 4. The van der Waals surface area contributed by atoms with Crippen LogP contribution in [0.5, 0.6) is 0 Å². The van der Waals surface area contributed by atoms with E-state index in [-0.39, 0.29) is 19.6 Å². The third-order valence-electron chi connectivity index (χ3n) is 4.50. The summed E-state index contributed by atoms with van der Waals surface area (Å²) in [6.07, 6.45) is -1.03. The zero-order valence-corrected chi connectivity index (χ0v) is 16.7. The fraction of sp³-hybridized carbons (Fsp3) is 0.400. The predicted molar refractivity (Wildman–Crippen MR) is 108 cm³/mol. The lowest BCUT2D eigenvalue weighted by Gasteiger charge is -2.30. The Labute approximate surface area is 178 Å². The van der Waals surface area contributed by atoms with E-state index >= 15 is 0 Å². The summed E-state index contributed by atoms with van der Waals surface area (Å²) in [7, 11) is 0. The molecule has 1 rings (SSSR count). The molecule has 3 atom stereocenters. The van der Waals surface area contributed by atoms with Gasteiger partial charge in [-0.15, -0.1) is 0 Å². The highest BCUT2D eigenvalue weighted by Crippen LogP contribution is 2.19. The van der Waals surface area contributed by atoms with Crippen molar-refractivity contribution in [1.82, 2.24) is 10.2 Å². The molecule has 0 bridgehead atoms. The van der Waals surface area contributed by atoms with Crippen LogP contribution in [-0.2, 0) is 19.2 Å². The molecule has 0 fully saturated rings. The van der Waals surface area contributed by atoms with Crippen molar-refractivity contribution in [2.45, 2.75) is 31.0 Å². The number of hydrogen-bond acceptors (Lipinski definition) is 7. The van der Waals surface area contributed by atoms with Crippen molar-refractivity contribution in [1.29, 1.82) is 0 Å². The molecule has 1 aromatic carbocycles. The quantitative estimate of drug-likeness (QED) is 0.218. The summed E-state index contributed by atoms with van der Waals surface area (Å²) in [5.74, 6) is -5.50. The van der Waals surface area contributed by atoms with Gasteiger partial charge >= 0.3 is 23.9 Å². The summed E-state index contributed by atoms with van der Waals surface area (Å²) in [6, 6.07) is 3.80. The molecule has 11 heteroatoms. The maximum atomic E-state index is 11.7. The largest absolute Gasteiger partial charge is 0.481 e.